The van der Waals surface area contributed by atoms with E-state index in [4.69, 9.17) is 5.73 Å². The summed E-state index contributed by atoms with van der Waals surface area (Å²) in [6, 6.07) is 6.44. The highest BCUT2D eigenvalue weighted by molar-refractivity contribution is 7.81. The van der Waals surface area contributed by atoms with E-state index in [1.807, 2.05) is 0 Å². The number of hydrogen-bond donors (Lipinski definition) is 2. The second kappa shape index (κ2) is 3.24. The van der Waals surface area contributed by atoms with Gasteiger partial charge in [0.2, 0.25) is 0 Å². The molecule has 2 rings (SSSR count). The molecule has 3 heteroatoms. The van der Waals surface area contributed by atoms with E-state index in [9.17, 15) is 0 Å². The zero-order chi connectivity index (χ0) is 9.42. The van der Waals surface area contributed by atoms with Crippen LogP contribution in [0.5, 0.6) is 0 Å². The molecule has 0 atom stereocenters. The normalized spacial score (nSPS) is 10.9. The summed E-state index contributed by atoms with van der Waals surface area (Å²) in [5.41, 5.74) is 7.12. The molecule has 1 aromatic carbocycles. The number of thiol groups is 1. The number of benzene rings is 1. The number of hydrogen-bond acceptors (Lipinski definition) is 3. The molecule has 0 fully saturated rings. The molecule has 0 amide bonds. The lowest BCUT2D eigenvalue weighted by molar-refractivity contribution is 1.15. The maximum atomic E-state index is 5.79. The monoisotopic (exact) mass is 209 g/mol. The lowest BCUT2D eigenvalue weighted by Gasteiger charge is -1.96. The van der Waals surface area contributed by atoms with Gasteiger partial charge < -0.3 is 5.73 Å². The Morgan fingerprint density at radius 1 is 1.46 bits per heavy atom. The molecule has 0 aliphatic rings. The Labute approximate surface area is 87.0 Å². The minimum atomic E-state index is 0.812. The van der Waals surface area contributed by atoms with Gasteiger partial charge in [0.05, 0.1) is 0 Å². The predicted octanol–water partition coefficient (Wildman–Crippen LogP) is 3.33. The van der Waals surface area contributed by atoms with Gasteiger partial charge in [0.1, 0.15) is 5.00 Å². The Bertz CT molecular complexity index is 445. The van der Waals surface area contributed by atoms with Crippen LogP contribution in [0.25, 0.3) is 10.1 Å². The molecule has 0 aliphatic carbocycles. The minimum Gasteiger partial charge on any atom is -0.390 e. The van der Waals surface area contributed by atoms with Gasteiger partial charge in [-0.05, 0) is 24.1 Å². The van der Waals surface area contributed by atoms with Crippen molar-refractivity contribution in [1.82, 2.24) is 0 Å². The van der Waals surface area contributed by atoms with Crippen molar-refractivity contribution in [1.29, 1.82) is 0 Å². The number of nitrogen functional groups attached to an aromatic ring is 1. The van der Waals surface area contributed by atoms with Crippen molar-refractivity contribution in [3.63, 3.8) is 0 Å². The van der Waals surface area contributed by atoms with Gasteiger partial charge >= 0.3 is 0 Å². The fourth-order valence-corrected chi connectivity index (χ4v) is 2.62. The topological polar surface area (TPSA) is 26.0 Å². The van der Waals surface area contributed by atoms with Crippen LogP contribution in [0.4, 0.5) is 5.00 Å². The molecule has 0 radical (unpaired) electrons. The molecular weight excluding hydrogens is 198 g/mol. The molecule has 0 bridgehead atoms. The highest BCUT2D eigenvalue weighted by atomic mass is 32.1. The maximum absolute atomic E-state index is 5.79. The first kappa shape index (κ1) is 8.91. The van der Waals surface area contributed by atoms with Gasteiger partial charge in [0.15, 0.2) is 0 Å². The van der Waals surface area contributed by atoms with E-state index in [1.165, 1.54) is 15.6 Å². The molecule has 0 saturated carbocycles. The third-order valence-electron chi connectivity index (χ3n) is 2.16. The first-order chi connectivity index (χ1) is 6.22. The molecule has 0 aliphatic heterocycles. The lowest BCUT2D eigenvalue weighted by Crippen LogP contribution is -1.79. The predicted molar refractivity (Wildman–Crippen MR) is 62.9 cm³/mol. The van der Waals surface area contributed by atoms with Crippen LogP contribution in [0.2, 0.25) is 0 Å². The van der Waals surface area contributed by atoms with E-state index in [2.05, 4.69) is 37.8 Å². The van der Waals surface area contributed by atoms with Crippen molar-refractivity contribution in [3.05, 3.63) is 23.8 Å². The van der Waals surface area contributed by atoms with Crippen LogP contribution in [-0.4, -0.2) is 0 Å². The largest absolute Gasteiger partial charge is 0.390 e. The van der Waals surface area contributed by atoms with Crippen LogP contribution in [0.3, 0.4) is 0 Å². The third-order valence-corrected chi connectivity index (χ3v) is 3.79. The molecule has 1 heterocycles. The second-order valence-electron chi connectivity index (χ2n) is 3.00. The Hall–Kier alpha value is -0.670. The smallest absolute Gasteiger partial charge is 0.100 e. The van der Waals surface area contributed by atoms with Gasteiger partial charge in [-0.3, -0.25) is 0 Å². The summed E-state index contributed by atoms with van der Waals surface area (Å²) in [4.78, 5) is 0.926. The zero-order valence-electron chi connectivity index (χ0n) is 7.37. The van der Waals surface area contributed by atoms with Gasteiger partial charge in [-0.1, -0.05) is 13.0 Å². The van der Waals surface area contributed by atoms with E-state index >= 15 is 0 Å². The summed E-state index contributed by atoms with van der Waals surface area (Å²) in [5.74, 6) is 0. The van der Waals surface area contributed by atoms with E-state index in [0.717, 1.165) is 16.3 Å². The maximum Gasteiger partial charge on any atom is 0.100 e. The zero-order valence-corrected chi connectivity index (χ0v) is 9.08. The summed E-state index contributed by atoms with van der Waals surface area (Å²) < 4.78 is 1.22. The van der Waals surface area contributed by atoms with Crippen LogP contribution >= 0.6 is 24.0 Å². The number of anilines is 1. The first-order valence-electron chi connectivity index (χ1n) is 4.22. The summed E-state index contributed by atoms with van der Waals surface area (Å²) in [6.07, 6.45) is 1.05. The van der Waals surface area contributed by atoms with Gasteiger partial charge in [-0.15, -0.1) is 24.0 Å². The molecule has 2 N–H and O–H groups in total. The van der Waals surface area contributed by atoms with Crippen molar-refractivity contribution in [2.75, 3.05) is 5.73 Å². The second-order valence-corrected chi connectivity index (χ2v) is 4.53. The van der Waals surface area contributed by atoms with Crippen molar-refractivity contribution in [2.24, 2.45) is 0 Å². The molecule has 0 unspecified atom stereocenters. The molecule has 68 valence electrons. The van der Waals surface area contributed by atoms with Crippen molar-refractivity contribution < 1.29 is 0 Å². The molecule has 1 nitrogen and oxygen atoms in total. The Morgan fingerprint density at radius 2 is 2.23 bits per heavy atom. The van der Waals surface area contributed by atoms with E-state index < -0.39 is 0 Å². The fourth-order valence-electron chi connectivity index (χ4n) is 1.37. The van der Waals surface area contributed by atoms with Gasteiger partial charge in [-0.25, -0.2) is 0 Å². The lowest BCUT2D eigenvalue weighted by atomic mass is 10.1. The van der Waals surface area contributed by atoms with E-state index in [-0.39, 0.29) is 0 Å². The van der Waals surface area contributed by atoms with Crippen LogP contribution in [-0.2, 0) is 6.42 Å². The minimum absolute atomic E-state index is 0.812. The fraction of sp³-hybridized carbons (Fsp3) is 0.200. The molecule has 1 aromatic heterocycles. The Morgan fingerprint density at radius 3 is 2.92 bits per heavy atom. The quantitative estimate of drug-likeness (QED) is 0.692. The average molecular weight is 209 g/mol. The van der Waals surface area contributed by atoms with Crippen LogP contribution in [0.1, 0.15) is 12.5 Å². The van der Waals surface area contributed by atoms with Gasteiger partial charge in [0, 0.05) is 15.0 Å². The van der Waals surface area contributed by atoms with Crippen molar-refractivity contribution in [2.45, 2.75) is 18.2 Å². The summed E-state index contributed by atoms with van der Waals surface area (Å²) in [5, 5.41) is 2.00. The summed E-state index contributed by atoms with van der Waals surface area (Å²) in [6.45, 7) is 2.15. The van der Waals surface area contributed by atoms with Gasteiger partial charge in [0.25, 0.3) is 0 Å². The standard InChI is InChI=1S/C10H11NS2/c1-2-6-3-4-8-7(5-6)9(12)10(11)13-8/h3-5,12H,2,11H2,1H3. The van der Waals surface area contributed by atoms with Crippen LogP contribution in [0.15, 0.2) is 23.1 Å². The van der Waals surface area contributed by atoms with E-state index in [1.54, 1.807) is 11.3 Å². The van der Waals surface area contributed by atoms with Crippen molar-refractivity contribution in [3.8, 4) is 0 Å². The number of rotatable bonds is 1. The molecule has 2 aromatic rings. The first-order valence-corrected chi connectivity index (χ1v) is 5.48. The van der Waals surface area contributed by atoms with Crippen LogP contribution in [0, 0.1) is 0 Å². The Balaban J connectivity index is 2.75. The van der Waals surface area contributed by atoms with Crippen LogP contribution < -0.4 is 5.73 Å². The highest BCUT2D eigenvalue weighted by Gasteiger charge is 2.05. The number of aryl methyl sites for hydroxylation is 1. The Kier molecular flexibility index (Phi) is 2.22. The molecule has 0 saturated heterocycles. The van der Waals surface area contributed by atoms with Gasteiger partial charge in [-0.2, -0.15) is 0 Å². The van der Waals surface area contributed by atoms with Crippen molar-refractivity contribution >= 4 is 39.1 Å². The van der Waals surface area contributed by atoms with E-state index in [0.29, 0.717) is 0 Å². The SMILES string of the molecule is CCc1ccc2sc(N)c(S)c2c1. The highest BCUT2D eigenvalue weighted by Crippen LogP contribution is 2.36. The molecular formula is C10H11NS2. The number of nitrogens with two attached hydrogens (primary N) is 1. The number of fused-ring (bicyclic) bond motifs is 1. The summed E-state index contributed by atoms with van der Waals surface area (Å²) in [7, 11) is 0. The third kappa shape index (κ3) is 1.42. The molecule has 0 spiro atoms. The number of thiophene rings is 1. The summed E-state index contributed by atoms with van der Waals surface area (Å²) >= 11 is 5.99. The average Bonchev–Trinajstić information content (AvgIpc) is 2.43. The molecule has 13 heavy (non-hydrogen) atoms.